The SMILES string of the molecule is Cc1c(C(=O)N(C)C2CCCCC2)nc(-c2ccc(Cl)cc2Cl)n1-c1ccc(-c2nnn(C)n2)cc1. The standard InChI is InChI=1S/C26H27Cl2N7O/c1-16-23(26(36)33(2)19-7-5-4-6-8-19)29-25(21-14-11-18(27)15-22(21)28)35(16)20-12-9-17(10-13-20)24-30-32-34(3)31-24/h9-15,19H,4-8H2,1-3H3. The third kappa shape index (κ3) is 4.63. The smallest absolute Gasteiger partial charge is 0.274 e. The molecule has 4 aromatic rings. The third-order valence-electron chi connectivity index (χ3n) is 6.82. The van der Waals surface area contributed by atoms with Gasteiger partial charge in [-0.05, 0) is 67.4 Å². The fourth-order valence-electron chi connectivity index (χ4n) is 4.83. The second-order valence-electron chi connectivity index (χ2n) is 9.19. The van der Waals surface area contributed by atoms with E-state index in [2.05, 4.69) is 15.4 Å². The molecule has 0 saturated heterocycles. The molecular formula is C26H27Cl2N7O. The van der Waals surface area contributed by atoms with Crippen molar-refractivity contribution >= 4 is 29.1 Å². The number of hydrogen-bond donors (Lipinski definition) is 0. The normalized spacial score (nSPS) is 14.2. The van der Waals surface area contributed by atoms with Gasteiger partial charge in [0.2, 0.25) is 5.82 Å². The van der Waals surface area contributed by atoms with Gasteiger partial charge in [0.1, 0.15) is 11.5 Å². The van der Waals surface area contributed by atoms with Gasteiger partial charge in [-0.1, -0.05) is 42.5 Å². The summed E-state index contributed by atoms with van der Waals surface area (Å²) in [5, 5.41) is 13.3. The number of benzene rings is 2. The van der Waals surface area contributed by atoms with E-state index in [9.17, 15) is 4.79 Å². The summed E-state index contributed by atoms with van der Waals surface area (Å²) >= 11 is 12.8. The predicted octanol–water partition coefficient (Wildman–Crippen LogP) is 5.75. The van der Waals surface area contributed by atoms with Crippen LogP contribution in [0.4, 0.5) is 0 Å². The van der Waals surface area contributed by atoms with Crippen molar-refractivity contribution in [2.75, 3.05) is 7.05 Å². The molecule has 0 spiro atoms. The van der Waals surface area contributed by atoms with Gasteiger partial charge in [-0.3, -0.25) is 9.36 Å². The number of imidazole rings is 1. The van der Waals surface area contributed by atoms with Crippen LogP contribution in [0.2, 0.25) is 10.0 Å². The Kier molecular flexibility index (Phi) is 6.81. The van der Waals surface area contributed by atoms with Crippen molar-refractivity contribution in [3.63, 3.8) is 0 Å². The van der Waals surface area contributed by atoms with Gasteiger partial charge in [0.15, 0.2) is 0 Å². The topological polar surface area (TPSA) is 81.7 Å². The molecule has 1 amide bonds. The minimum absolute atomic E-state index is 0.0788. The van der Waals surface area contributed by atoms with Crippen LogP contribution in [0.1, 0.15) is 48.3 Å². The summed E-state index contributed by atoms with van der Waals surface area (Å²) in [5.41, 5.74) is 3.54. The number of hydrogen-bond acceptors (Lipinski definition) is 5. The van der Waals surface area contributed by atoms with Crippen molar-refractivity contribution in [2.24, 2.45) is 7.05 Å². The largest absolute Gasteiger partial charge is 0.337 e. The lowest BCUT2D eigenvalue weighted by Crippen LogP contribution is -2.38. The molecule has 1 saturated carbocycles. The molecular weight excluding hydrogens is 497 g/mol. The first-order valence-electron chi connectivity index (χ1n) is 12.0. The van der Waals surface area contributed by atoms with Crippen LogP contribution in [-0.4, -0.2) is 53.7 Å². The number of carbonyl (C=O) groups is 1. The van der Waals surface area contributed by atoms with Crippen molar-refractivity contribution in [1.82, 2.24) is 34.7 Å². The second-order valence-corrected chi connectivity index (χ2v) is 10.0. The molecule has 5 rings (SSSR count). The Hall–Kier alpha value is -3.23. The summed E-state index contributed by atoms with van der Waals surface area (Å²) in [6, 6.07) is 13.3. The van der Waals surface area contributed by atoms with E-state index in [4.69, 9.17) is 28.2 Å². The highest BCUT2D eigenvalue weighted by atomic mass is 35.5. The maximum atomic E-state index is 13.6. The minimum Gasteiger partial charge on any atom is -0.337 e. The Balaban J connectivity index is 1.60. The van der Waals surface area contributed by atoms with Crippen LogP contribution in [0.25, 0.3) is 28.5 Å². The van der Waals surface area contributed by atoms with Gasteiger partial charge in [-0.15, -0.1) is 10.2 Å². The number of carbonyl (C=O) groups excluding carboxylic acids is 1. The molecule has 0 unspecified atom stereocenters. The van der Waals surface area contributed by atoms with Crippen LogP contribution in [0, 0.1) is 6.92 Å². The molecule has 2 aromatic heterocycles. The van der Waals surface area contributed by atoms with Gasteiger partial charge in [-0.2, -0.15) is 4.80 Å². The lowest BCUT2D eigenvalue weighted by molar-refractivity contribution is 0.0690. The van der Waals surface area contributed by atoms with E-state index in [-0.39, 0.29) is 11.9 Å². The molecule has 0 aliphatic heterocycles. The molecule has 2 aromatic carbocycles. The van der Waals surface area contributed by atoms with Crippen LogP contribution in [0.15, 0.2) is 42.5 Å². The molecule has 1 aliphatic rings. The van der Waals surface area contributed by atoms with E-state index in [1.165, 1.54) is 11.2 Å². The Morgan fingerprint density at radius 1 is 1.06 bits per heavy atom. The van der Waals surface area contributed by atoms with Crippen molar-refractivity contribution in [3.8, 4) is 28.5 Å². The Morgan fingerprint density at radius 2 is 1.78 bits per heavy atom. The zero-order valence-corrected chi connectivity index (χ0v) is 22.0. The van der Waals surface area contributed by atoms with Crippen LogP contribution >= 0.6 is 23.2 Å². The molecule has 0 radical (unpaired) electrons. The Morgan fingerprint density at radius 3 is 2.42 bits per heavy atom. The van der Waals surface area contributed by atoms with E-state index >= 15 is 0 Å². The van der Waals surface area contributed by atoms with E-state index < -0.39 is 0 Å². The highest BCUT2D eigenvalue weighted by Gasteiger charge is 2.29. The van der Waals surface area contributed by atoms with Crippen LogP contribution < -0.4 is 0 Å². The van der Waals surface area contributed by atoms with Gasteiger partial charge in [0.05, 0.1) is 17.8 Å². The number of tetrazole rings is 1. The van der Waals surface area contributed by atoms with E-state index in [1.54, 1.807) is 19.2 Å². The van der Waals surface area contributed by atoms with Gasteiger partial charge < -0.3 is 4.90 Å². The molecule has 0 N–H and O–H groups in total. The molecule has 10 heteroatoms. The summed E-state index contributed by atoms with van der Waals surface area (Å²) in [6.07, 6.45) is 5.57. The second kappa shape index (κ2) is 10.0. The van der Waals surface area contributed by atoms with Crippen molar-refractivity contribution in [3.05, 3.63) is 63.9 Å². The molecule has 1 fully saturated rings. The number of amides is 1. The fourth-order valence-corrected chi connectivity index (χ4v) is 5.32. The van der Waals surface area contributed by atoms with Gasteiger partial charge >= 0.3 is 0 Å². The number of rotatable bonds is 5. The molecule has 0 bridgehead atoms. The number of aromatic nitrogens is 6. The summed E-state index contributed by atoms with van der Waals surface area (Å²) in [6.45, 7) is 1.92. The van der Waals surface area contributed by atoms with Crippen LogP contribution in [-0.2, 0) is 7.05 Å². The van der Waals surface area contributed by atoms with Crippen molar-refractivity contribution in [2.45, 2.75) is 45.1 Å². The van der Waals surface area contributed by atoms with Crippen molar-refractivity contribution < 1.29 is 4.79 Å². The zero-order valence-electron chi connectivity index (χ0n) is 20.4. The minimum atomic E-state index is -0.0788. The molecule has 36 heavy (non-hydrogen) atoms. The quantitative estimate of drug-likeness (QED) is 0.332. The first-order valence-corrected chi connectivity index (χ1v) is 12.8. The Labute approximate surface area is 219 Å². The maximum Gasteiger partial charge on any atom is 0.274 e. The number of nitrogens with zero attached hydrogens (tertiary/aromatic N) is 7. The first kappa shape index (κ1) is 24.5. The summed E-state index contributed by atoms with van der Waals surface area (Å²) in [4.78, 5) is 21.8. The number of halogens is 2. The summed E-state index contributed by atoms with van der Waals surface area (Å²) < 4.78 is 1.96. The van der Waals surface area contributed by atoms with E-state index in [1.807, 2.05) is 53.8 Å². The van der Waals surface area contributed by atoms with Gasteiger partial charge in [-0.25, -0.2) is 4.98 Å². The van der Waals surface area contributed by atoms with Gasteiger partial charge in [0.25, 0.3) is 5.91 Å². The fraction of sp³-hybridized carbons (Fsp3) is 0.346. The highest BCUT2D eigenvalue weighted by Crippen LogP contribution is 2.34. The monoisotopic (exact) mass is 523 g/mol. The average molecular weight is 524 g/mol. The lowest BCUT2D eigenvalue weighted by atomic mass is 9.94. The number of aryl methyl sites for hydroxylation is 1. The highest BCUT2D eigenvalue weighted by molar-refractivity contribution is 6.36. The molecule has 0 atom stereocenters. The Bertz CT molecular complexity index is 1400. The first-order chi connectivity index (χ1) is 17.3. The van der Waals surface area contributed by atoms with Gasteiger partial charge in [0, 0.05) is 34.9 Å². The molecule has 1 aliphatic carbocycles. The molecule has 2 heterocycles. The molecule has 8 nitrogen and oxygen atoms in total. The molecule has 186 valence electrons. The average Bonchev–Trinajstić information content (AvgIpc) is 3.47. The summed E-state index contributed by atoms with van der Waals surface area (Å²) in [7, 11) is 3.61. The third-order valence-corrected chi connectivity index (χ3v) is 7.36. The van der Waals surface area contributed by atoms with Crippen LogP contribution in [0.3, 0.4) is 0 Å². The van der Waals surface area contributed by atoms with Crippen LogP contribution in [0.5, 0.6) is 0 Å². The van der Waals surface area contributed by atoms with E-state index in [0.29, 0.717) is 33.0 Å². The van der Waals surface area contributed by atoms with E-state index in [0.717, 1.165) is 42.6 Å². The lowest BCUT2D eigenvalue weighted by Gasteiger charge is -2.30. The zero-order chi connectivity index (χ0) is 25.4. The maximum absolute atomic E-state index is 13.6. The summed E-state index contributed by atoms with van der Waals surface area (Å²) in [5.74, 6) is 1.04. The predicted molar refractivity (Wildman–Crippen MR) is 141 cm³/mol. The van der Waals surface area contributed by atoms with Crippen molar-refractivity contribution in [1.29, 1.82) is 0 Å².